The Bertz CT molecular complexity index is 633. The van der Waals surface area contributed by atoms with E-state index < -0.39 is 5.97 Å². The van der Waals surface area contributed by atoms with Gasteiger partial charge >= 0.3 is 0 Å². The van der Waals surface area contributed by atoms with Crippen molar-refractivity contribution in [2.24, 2.45) is 0 Å². The van der Waals surface area contributed by atoms with Crippen molar-refractivity contribution in [1.82, 2.24) is 0 Å². The van der Waals surface area contributed by atoms with Gasteiger partial charge in [-0.15, -0.1) is 0 Å². The predicted molar refractivity (Wildman–Crippen MR) is 205 cm³/mol. The van der Waals surface area contributed by atoms with E-state index >= 15 is 0 Å². The first-order chi connectivity index (χ1) is 22.3. The lowest BCUT2D eigenvalue weighted by Crippen LogP contribution is -2.35. The molecule has 0 atom stereocenters. The van der Waals surface area contributed by atoms with E-state index in [9.17, 15) is 9.90 Å². The fourth-order valence-corrected chi connectivity index (χ4v) is 5.88. The number of aliphatic carboxylic acids is 1. The Hall–Kier alpha value is -1.09. The molecule has 0 amide bonds. The van der Waals surface area contributed by atoms with Crippen LogP contribution in [0.1, 0.15) is 219 Å². The van der Waals surface area contributed by atoms with Crippen LogP contribution in [0.15, 0.2) is 24.3 Å². The largest absolute Gasteiger partial charge is 0.550 e. The van der Waals surface area contributed by atoms with Gasteiger partial charge in [-0.25, -0.2) is 0 Å². The van der Waals surface area contributed by atoms with E-state index in [1.165, 1.54) is 193 Å². The van der Waals surface area contributed by atoms with Crippen molar-refractivity contribution in [1.29, 1.82) is 0 Å². The molecular weight excluding hydrogens is 562 g/mol. The van der Waals surface area contributed by atoms with Crippen molar-refractivity contribution in [3.8, 4) is 0 Å². The summed E-state index contributed by atoms with van der Waals surface area (Å²) in [7, 11) is 6.87. The van der Waals surface area contributed by atoms with E-state index in [1.54, 1.807) is 0 Å². The molecule has 0 N–H and O–H groups in total. The zero-order chi connectivity index (χ0) is 34.2. The van der Waals surface area contributed by atoms with E-state index in [0.717, 1.165) is 17.3 Å². The monoisotopic (exact) mass is 648 g/mol. The second kappa shape index (κ2) is 40.1. The Labute approximate surface area is 291 Å². The summed E-state index contributed by atoms with van der Waals surface area (Å²) in [4.78, 5) is 10.3. The van der Waals surface area contributed by atoms with Gasteiger partial charge in [0.15, 0.2) is 0 Å². The number of quaternary nitrogens is 1. The average Bonchev–Trinajstić information content (AvgIpc) is 3.01. The number of nitrogens with zero attached hydrogens (tertiary/aromatic N) is 1. The zero-order valence-electron chi connectivity index (χ0n) is 32.4. The Morgan fingerprint density at radius 3 is 0.957 bits per heavy atom. The molecule has 0 aromatic rings. The van der Waals surface area contributed by atoms with Crippen molar-refractivity contribution in [2.75, 3.05) is 27.7 Å². The van der Waals surface area contributed by atoms with Crippen molar-refractivity contribution < 1.29 is 14.4 Å². The van der Waals surface area contributed by atoms with Crippen LogP contribution in [0.4, 0.5) is 0 Å². The molecule has 0 saturated heterocycles. The molecule has 0 heterocycles. The maximum absolute atomic E-state index is 10.3. The molecule has 0 aromatic heterocycles. The number of carbonyl (C=O) groups excluding carboxylic acids is 1. The highest BCUT2D eigenvalue weighted by Gasteiger charge is 2.04. The predicted octanol–water partition coefficient (Wildman–Crippen LogP) is 13.1. The van der Waals surface area contributed by atoms with Crippen molar-refractivity contribution >= 4 is 5.97 Å². The Morgan fingerprint density at radius 2 is 0.674 bits per heavy atom. The highest BCUT2D eigenvalue weighted by molar-refractivity contribution is 5.64. The summed E-state index contributed by atoms with van der Waals surface area (Å²) in [6.45, 7) is 5.88. The molecule has 0 aromatic carbocycles. The van der Waals surface area contributed by atoms with Gasteiger partial charge in [0.2, 0.25) is 0 Å². The summed E-state index contributed by atoms with van der Waals surface area (Å²) in [5.74, 6) is -0.906. The summed E-state index contributed by atoms with van der Waals surface area (Å²) < 4.78 is 1.11. The van der Waals surface area contributed by atoms with Crippen molar-refractivity contribution in [3.05, 3.63) is 24.3 Å². The lowest BCUT2D eigenvalue weighted by atomic mass is 10.1. The molecule has 3 nitrogen and oxygen atoms in total. The average molecular weight is 648 g/mol. The second-order valence-corrected chi connectivity index (χ2v) is 15.1. The van der Waals surface area contributed by atoms with Gasteiger partial charge in [-0.05, 0) is 77.0 Å². The summed E-state index contributed by atoms with van der Waals surface area (Å²) in [5.41, 5.74) is 0. The number of hydrogen-bond donors (Lipinski definition) is 0. The van der Waals surface area contributed by atoms with Gasteiger partial charge < -0.3 is 14.4 Å². The summed E-state index contributed by atoms with van der Waals surface area (Å²) in [6, 6.07) is 0. The van der Waals surface area contributed by atoms with Crippen LogP contribution < -0.4 is 5.11 Å². The minimum atomic E-state index is -0.906. The normalized spacial score (nSPS) is 11.8. The number of rotatable bonds is 35. The number of carbonyl (C=O) groups is 1. The molecule has 0 spiro atoms. The SMILES string of the molecule is CCCCCCCC/C=C\CCCCCCCCCCCC(=O)[O-].CCCCCCCC/C=C\CCCCCCCC[N+](C)(C)C. The molecule has 0 radical (unpaired) electrons. The fraction of sp³-hybridized carbons (Fsp3) is 0.884. The molecule has 0 aliphatic rings. The number of allylic oxidation sites excluding steroid dienone is 4. The third-order valence-electron chi connectivity index (χ3n) is 8.98. The molecule has 0 bridgehead atoms. The van der Waals surface area contributed by atoms with Crippen LogP contribution >= 0.6 is 0 Å². The van der Waals surface area contributed by atoms with Gasteiger partial charge in [-0.3, -0.25) is 0 Å². The first kappa shape index (κ1) is 47.0. The van der Waals surface area contributed by atoms with Crippen molar-refractivity contribution in [2.45, 2.75) is 219 Å². The zero-order valence-corrected chi connectivity index (χ0v) is 32.4. The maximum Gasteiger partial charge on any atom is 0.0780 e. The molecule has 0 unspecified atom stereocenters. The van der Waals surface area contributed by atoms with Crippen LogP contribution in [0.25, 0.3) is 0 Å². The molecular formula is C43H85NO2. The molecule has 46 heavy (non-hydrogen) atoms. The van der Waals surface area contributed by atoms with E-state index in [-0.39, 0.29) is 6.42 Å². The fourth-order valence-electron chi connectivity index (χ4n) is 5.88. The van der Waals surface area contributed by atoms with Crippen LogP contribution in [0, 0.1) is 0 Å². The number of unbranched alkanes of at least 4 members (excludes halogenated alkanes) is 27. The van der Waals surface area contributed by atoms with Crippen LogP contribution in [0.5, 0.6) is 0 Å². The molecule has 274 valence electrons. The lowest BCUT2D eigenvalue weighted by Gasteiger charge is -2.23. The van der Waals surface area contributed by atoms with Gasteiger partial charge in [0.25, 0.3) is 0 Å². The van der Waals surface area contributed by atoms with E-state index in [4.69, 9.17) is 0 Å². The molecule has 0 fully saturated rings. The quantitative estimate of drug-likeness (QED) is 0.0390. The summed E-state index contributed by atoms with van der Waals surface area (Å²) in [6.07, 6.45) is 51.2. The smallest absolute Gasteiger partial charge is 0.0780 e. The number of carboxylic acid groups (broad SMARTS) is 1. The van der Waals surface area contributed by atoms with Gasteiger partial charge in [0.1, 0.15) is 0 Å². The van der Waals surface area contributed by atoms with Gasteiger partial charge in [0, 0.05) is 5.97 Å². The minimum Gasteiger partial charge on any atom is -0.550 e. The number of carboxylic acids is 1. The van der Waals surface area contributed by atoms with Gasteiger partial charge in [-0.2, -0.15) is 0 Å². The van der Waals surface area contributed by atoms with Crippen LogP contribution in [0.2, 0.25) is 0 Å². The standard InChI is InChI=1S/C22H42O2.C21H44N/c1-2-3-4-5-6-7-8-9-10-11-12-13-14-15-16-17-18-19-20-21-22(23)24;1-5-6-7-8-9-10-11-12-13-14-15-16-17-18-19-20-21-22(2,3)4/h9-10H,2-8,11-21H2,1H3,(H,23,24);12-13H,5-11,14-21H2,1-4H3/q;+1/p-1/b10-9-;13-12-. The second-order valence-electron chi connectivity index (χ2n) is 15.1. The lowest BCUT2D eigenvalue weighted by molar-refractivity contribution is -0.870. The Balaban J connectivity index is 0. The van der Waals surface area contributed by atoms with Gasteiger partial charge in [0.05, 0.1) is 27.7 Å². The highest BCUT2D eigenvalue weighted by Crippen LogP contribution is 2.13. The Kier molecular flexibility index (Phi) is 41.0. The minimum absolute atomic E-state index is 0.229. The summed E-state index contributed by atoms with van der Waals surface area (Å²) >= 11 is 0. The molecule has 0 aliphatic carbocycles. The third-order valence-corrected chi connectivity index (χ3v) is 8.98. The highest BCUT2D eigenvalue weighted by atomic mass is 16.4. The van der Waals surface area contributed by atoms with Crippen LogP contribution in [0.3, 0.4) is 0 Å². The van der Waals surface area contributed by atoms with E-state index in [0.29, 0.717) is 0 Å². The number of hydrogen-bond acceptors (Lipinski definition) is 2. The van der Waals surface area contributed by atoms with Crippen LogP contribution in [-0.4, -0.2) is 38.1 Å². The van der Waals surface area contributed by atoms with E-state index in [2.05, 4.69) is 59.3 Å². The molecule has 3 heteroatoms. The first-order valence-electron chi connectivity index (χ1n) is 20.6. The first-order valence-corrected chi connectivity index (χ1v) is 20.6. The Morgan fingerprint density at radius 1 is 0.413 bits per heavy atom. The van der Waals surface area contributed by atoms with Crippen molar-refractivity contribution in [3.63, 3.8) is 0 Å². The topological polar surface area (TPSA) is 40.1 Å². The molecule has 0 aliphatic heterocycles. The molecule has 0 saturated carbocycles. The third kappa shape index (κ3) is 49.8. The van der Waals surface area contributed by atoms with Gasteiger partial charge in [-0.1, -0.05) is 167 Å². The molecule has 0 rings (SSSR count). The van der Waals surface area contributed by atoms with E-state index in [1.807, 2.05) is 0 Å². The summed E-state index contributed by atoms with van der Waals surface area (Å²) in [5, 5.41) is 10.3. The van der Waals surface area contributed by atoms with Crippen LogP contribution in [-0.2, 0) is 4.79 Å². The maximum atomic E-state index is 10.3.